The summed E-state index contributed by atoms with van der Waals surface area (Å²) in [6, 6.07) is 0. The van der Waals surface area contributed by atoms with Gasteiger partial charge in [-0.25, -0.2) is 0 Å². The summed E-state index contributed by atoms with van der Waals surface area (Å²) in [5.74, 6) is -0.444. The number of morpholine rings is 1. The number of hydrogen-bond donors (Lipinski definition) is 2. The van der Waals surface area contributed by atoms with Gasteiger partial charge in [0.15, 0.2) is 0 Å². The summed E-state index contributed by atoms with van der Waals surface area (Å²) in [6.45, 7) is 1.94. The number of hydrogen-bond acceptors (Lipinski definition) is 4. The van der Waals surface area contributed by atoms with Crippen molar-refractivity contribution in [3.8, 4) is 0 Å². The molecule has 0 aromatic heterocycles. The van der Waals surface area contributed by atoms with Crippen molar-refractivity contribution < 1.29 is 22.7 Å². The Bertz CT molecular complexity index is 245. The Morgan fingerprint density at radius 2 is 2.29 bits per heavy atom. The molecule has 1 heterocycles. The molecule has 1 rings (SSSR count). The fraction of sp³-hybridized carbons (Fsp3) is 0.889. The fourth-order valence-corrected chi connectivity index (χ4v) is 1.82. The Labute approximate surface area is 102 Å². The first-order valence-corrected chi connectivity index (χ1v) is 6.25. The van der Waals surface area contributed by atoms with E-state index in [1.165, 1.54) is 0 Å². The van der Waals surface area contributed by atoms with Crippen molar-refractivity contribution >= 4 is 17.7 Å². The van der Waals surface area contributed by atoms with Crippen LogP contribution in [0, 0.1) is 0 Å². The summed E-state index contributed by atoms with van der Waals surface area (Å²) in [6.07, 6.45) is 0.00275. The molecule has 0 radical (unpaired) electrons. The largest absolute Gasteiger partial charge is 0.441 e. The van der Waals surface area contributed by atoms with Gasteiger partial charge in [-0.2, -0.15) is 13.2 Å². The SMILES string of the molecule is O=C(CC1CNCCO1)NCCSC(F)(F)F. The molecule has 8 heteroatoms. The number of amides is 1. The Balaban J connectivity index is 2.04. The number of carbonyl (C=O) groups excluding carboxylic acids is 1. The number of carbonyl (C=O) groups is 1. The number of alkyl halides is 3. The van der Waals surface area contributed by atoms with Gasteiger partial charge in [-0.1, -0.05) is 0 Å². The van der Waals surface area contributed by atoms with E-state index >= 15 is 0 Å². The quantitative estimate of drug-likeness (QED) is 0.725. The van der Waals surface area contributed by atoms with Crippen molar-refractivity contribution in [2.75, 3.05) is 32.0 Å². The van der Waals surface area contributed by atoms with Crippen LogP contribution in [-0.4, -0.2) is 49.5 Å². The third-order valence-electron chi connectivity index (χ3n) is 2.11. The lowest BCUT2D eigenvalue weighted by Crippen LogP contribution is -2.41. The van der Waals surface area contributed by atoms with Crippen LogP contribution < -0.4 is 10.6 Å². The van der Waals surface area contributed by atoms with Gasteiger partial charge >= 0.3 is 5.51 Å². The molecule has 0 spiro atoms. The molecule has 0 bridgehead atoms. The van der Waals surface area contributed by atoms with E-state index in [1.807, 2.05) is 0 Å². The lowest BCUT2D eigenvalue weighted by Gasteiger charge is -2.23. The van der Waals surface area contributed by atoms with Crippen molar-refractivity contribution in [1.82, 2.24) is 10.6 Å². The van der Waals surface area contributed by atoms with E-state index in [4.69, 9.17) is 4.74 Å². The lowest BCUT2D eigenvalue weighted by molar-refractivity contribution is -0.124. The Hall–Kier alpha value is -0.470. The minimum atomic E-state index is -4.23. The van der Waals surface area contributed by atoms with Crippen LogP contribution in [0.1, 0.15) is 6.42 Å². The van der Waals surface area contributed by atoms with Crippen molar-refractivity contribution in [3.05, 3.63) is 0 Å². The Kier molecular flexibility index (Phi) is 6.07. The maximum absolute atomic E-state index is 11.8. The second-order valence-corrected chi connectivity index (χ2v) is 4.71. The highest BCUT2D eigenvalue weighted by atomic mass is 32.2. The highest BCUT2D eigenvalue weighted by Crippen LogP contribution is 2.29. The average molecular weight is 272 g/mol. The van der Waals surface area contributed by atoms with Gasteiger partial charge in [0.1, 0.15) is 0 Å². The predicted octanol–water partition coefficient (Wildman–Crippen LogP) is 0.734. The van der Waals surface area contributed by atoms with Crippen LogP contribution in [0.5, 0.6) is 0 Å². The number of rotatable bonds is 5. The molecule has 0 saturated carbocycles. The molecule has 1 atom stereocenters. The third-order valence-corrected chi connectivity index (χ3v) is 2.84. The molecule has 0 aromatic carbocycles. The highest BCUT2D eigenvalue weighted by Gasteiger charge is 2.27. The predicted molar refractivity (Wildman–Crippen MR) is 58.7 cm³/mol. The van der Waals surface area contributed by atoms with E-state index in [2.05, 4.69) is 10.6 Å². The van der Waals surface area contributed by atoms with Crippen LogP contribution in [0.15, 0.2) is 0 Å². The summed E-state index contributed by atoms with van der Waals surface area (Å²) >= 11 is -0.137. The lowest BCUT2D eigenvalue weighted by atomic mass is 10.2. The zero-order chi connectivity index (χ0) is 12.7. The van der Waals surface area contributed by atoms with Gasteiger partial charge in [-0.15, -0.1) is 0 Å². The van der Waals surface area contributed by atoms with Crippen LogP contribution in [0.2, 0.25) is 0 Å². The van der Waals surface area contributed by atoms with Crippen molar-refractivity contribution in [1.29, 1.82) is 0 Å². The molecule has 1 amide bonds. The molecule has 1 fully saturated rings. The highest BCUT2D eigenvalue weighted by molar-refractivity contribution is 8.00. The van der Waals surface area contributed by atoms with Crippen molar-refractivity contribution in [2.45, 2.75) is 18.0 Å². The van der Waals surface area contributed by atoms with Crippen LogP contribution in [0.4, 0.5) is 13.2 Å². The maximum atomic E-state index is 11.8. The summed E-state index contributed by atoms with van der Waals surface area (Å²) in [4.78, 5) is 11.3. The van der Waals surface area contributed by atoms with Gasteiger partial charge in [0.25, 0.3) is 0 Å². The van der Waals surface area contributed by atoms with Crippen LogP contribution >= 0.6 is 11.8 Å². The minimum absolute atomic E-state index is 0.0170. The van der Waals surface area contributed by atoms with Crippen LogP contribution in [0.25, 0.3) is 0 Å². The van der Waals surface area contributed by atoms with Gasteiger partial charge in [0.2, 0.25) is 5.91 Å². The van der Waals surface area contributed by atoms with Gasteiger partial charge in [-0.05, 0) is 11.8 Å². The molecule has 0 aromatic rings. The Morgan fingerprint density at radius 3 is 2.88 bits per heavy atom. The smallest absolute Gasteiger partial charge is 0.375 e. The van der Waals surface area contributed by atoms with E-state index in [9.17, 15) is 18.0 Å². The van der Waals surface area contributed by atoms with Gasteiger partial charge in [0, 0.05) is 25.4 Å². The summed E-state index contributed by atoms with van der Waals surface area (Å²) in [5.41, 5.74) is -4.23. The third kappa shape index (κ3) is 7.45. The molecular weight excluding hydrogens is 257 g/mol. The molecular formula is C9H15F3N2O2S. The second kappa shape index (κ2) is 7.07. The van der Waals surface area contributed by atoms with E-state index in [1.54, 1.807) is 0 Å². The summed E-state index contributed by atoms with van der Waals surface area (Å²) < 4.78 is 40.6. The normalized spacial score (nSPS) is 21.2. The number of nitrogens with one attached hydrogen (secondary N) is 2. The standard InChI is InChI=1S/C9H15F3N2O2S/c10-9(11,12)17-4-2-14-8(15)5-7-6-13-1-3-16-7/h7,13H,1-6H2,(H,14,15). The molecule has 1 saturated heterocycles. The topological polar surface area (TPSA) is 50.4 Å². The van der Waals surface area contributed by atoms with Gasteiger partial charge in [0.05, 0.1) is 19.1 Å². The maximum Gasteiger partial charge on any atom is 0.441 e. The fourth-order valence-electron chi connectivity index (χ4n) is 1.39. The Morgan fingerprint density at radius 1 is 1.53 bits per heavy atom. The second-order valence-electron chi connectivity index (χ2n) is 3.55. The average Bonchev–Trinajstić information content (AvgIpc) is 2.25. The zero-order valence-corrected chi connectivity index (χ0v) is 10.00. The van der Waals surface area contributed by atoms with E-state index < -0.39 is 5.51 Å². The molecule has 2 N–H and O–H groups in total. The zero-order valence-electron chi connectivity index (χ0n) is 9.18. The van der Waals surface area contributed by atoms with Gasteiger partial charge < -0.3 is 15.4 Å². The summed E-state index contributed by atoms with van der Waals surface area (Å²) in [7, 11) is 0. The van der Waals surface area contributed by atoms with Gasteiger partial charge in [-0.3, -0.25) is 4.79 Å². The van der Waals surface area contributed by atoms with E-state index in [-0.39, 0.29) is 42.5 Å². The molecule has 1 aliphatic heterocycles. The molecule has 1 unspecified atom stereocenters. The molecule has 0 aliphatic carbocycles. The minimum Gasteiger partial charge on any atom is -0.375 e. The first-order valence-electron chi connectivity index (χ1n) is 5.27. The van der Waals surface area contributed by atoms with Crippen LogP contribution in [-0.2, 0) is 9.53 Å². The molecule has 100 valence electrons. The number of ether oxygens (including phenoxy) is 1. The number of thioether (sulfide) groups is 1. The van der Waals surface area contributed by atoms with E-state index in [0.29, 0.717) is 13.2 Å². The van der Waals surface area contributed by atoms with Crippen molar-refractivity contribution in [2.24, 2.45) is 0 Å². The van der Waals surface area contributed by atoms with Crippen LogP contribution in [0.3, 0.4) is 0 Å². The molecule has 4 nitrogen and oxygen atoms in total. The van der Waals surface area contributed by atoms with Crippen molar-refractivity contribution in [3.63, 3.8) is 0 Å². The monoisotopic (exact) mass is 272 g/mol. The first kappa shape index (κ1) is 14.6. The molecule has 17 heavy (non-hydrogen) atoms. The number of halogens is 3. The molecule has 1 aliphatic rings. The first-order chi connectivity index (χ1) is 7.97. The summed E-state index contributed by atoms with van der Waals surface area (Å²) in [5, 5.41) is 5.50. The van der Waals surface area contributed by atoms with E-state index in [0.717, 1.165) is 6.54 Å².